The first-order valence-electron chi connectivity index (χ1n) is 7.78. The van der Waals surface area contributed by atoms with Crippen molar-refractivity contribution in [2.24, 2.45) is 0 Å². The Labute approximate surface area is 135 Å². The van der Waals surface area contributed by atoms with E-state index in [1.165, 1.54) is 17.7 Å². The summed E-state index contributed by atoms with van der Waals surface area (Å²) in [5, 5.41) is 2.76. The normalized spacial score (nSPS) is 15.4. The summed E-state index contributed by atoms with van der Waals surface area (Å²) in [7, 11) is 0. The average Bonchev–Trinajstić information content (AvgIpc) is 2.56. The van der Waals surface area contributed by atoms with Crippen LogP contribution in [0.25, 0.3) is 0 Å². The zero-order valence-electron chi connectivity index (χ0n) is 12.9. The van der Waals surface area contributed by atoms with Crippen LogP contribution in [-0.2, 0) is 6.54 Å². The number of rotatable bonds is 3. The number of halogens is 1. The van der Waals surface area contributed by atoms with Crippen molar-refractivity contribution < 1.29 is 9.18 Å². The quantitative estimate of drug-likeness (QED) is 0.941. The third kappa shape index (κ3) is 4.29. The van der Waals surface area contributed by atoms with E-state index < -0.39 is 0 Å². The molecule has 1 N–H and O–H groups in total. The van der Waals surface area contributed by atoms with Gasteiger partial charge in [0.2, 0.25) is 0 Å². The van der Waals surface area contributed by atoms with Crippen LogP contribution in [0.2, 0.25) is 0 Å². The van der Waals surface area contributed by atoms with Crippen molar-refractivity contribution in [2.75, 3.05) is 25.1 Å². The SMILES string of the molecule is O=C(Nc1cccc(F)c1)N1CCCN(Cc2ccccc2)C1. The maximum atomic E-state index is 13.2. The van der Waals surface area contributed by atoms with Crippen LogP contribution in [0.15, 0.2) is 54.6 Å². The van der Waals surface area contributed by atoms with Gasteiger partial charge in [-0.25, -0.2) is 9.18 Å². The van der Waals surface area contributed by atoms with E-state index in [4.69, 9.17) is 0 Å². The number of benzene rings is 2. The Bertz CT molecular complexity index is 662. The van der Waals surface area contributed by atoms with Crippen LogP contribution in [0.1, 0.15) is 12.0 Å². The number of hydrogen-bond acceptors (Lipinski definition) is 2. The van der Waals surface area contributed by atoms with Gasteiger partial charge in [0.25, 0.3) is 0 Å². The number of urea groups is 1. The van der Waals surface area contributed by atoms with Crippen LogP contribution in [0.4, 0.5) is 14.9 Å². The highest BCUT2D eigenvalue weighted by Gasteiger charge is 2.21. The Morgan fingerprint density at radius 1 is 1.09 bits per heavy atom. The lowest BCUT2D eigenvalue weighted by molar-refractivity contribution is 0.105. The monoisotopic (exact) mass is 313 g/mol. The first-order chi connectivity index (χ1) is 11.2. The molecule has 0 spiro atoms. The number of carbonyl (C=O) groups excluding carboxylic acids is 1. The van der Waals surface area contributed by atoms with Crippen molar-refractivity contribution in [1.29, 1.82) is 0 Å². The lowest BCUT2D eigenvalue weighted by Crippen LogP contribution is -2.48. The predicted molar refractivity (Wildman–Crippen MR) is 88.5 cm³/mol. The summed E-state index contributed by atoms with van der Waals surface area (Å²) < 4.78 is 13.2. The van der Waals surface area contributed by atoms with Gasteiger partial charge >= 0.3 is 6.03 Å². The van der Waals surface area contributed by atoms with E-state index in [0.717, 1.165) is 19.5 Å². The molecule has 1 aliphatic rings. The topological polar surface area (TPSA) is 35.6 Å². The fourth-order valence-corrected chi connectivity index (χ4v) is 2.77. The Morgan fingerprint density at radius 2 is 1.91 bits per heavy atom. The van der Waals surface area contributed by atoms with E-state index in [0.29, 0.717) is 18.9 Å². The largest absolute Gasteiger partial charge is 0.322 e. The smallest absolute Gasteiger partial charge is 0.311 e. The third-order valence-corrected chi connectivity index (χ3v) is 3.89. The number of nitrogens with zero attached hydrogens (tertiary/aromatic N) is 2. The first-order valence-corrected chi connectivity index (χ1v) is 7.78. The summed E-state index contributed by atoms with van der Waals surface area (Å²) in [4.78, 5) is 16.3. The van der Waals surface area contributed by atoms with E-state index in [2.05, 4.69) is 22.3 Å². The van der Waals surface area contributed by atoms with Crippen molar-refractivity contribution >= 4 is 11.7 Å². The van der Waals surface area contributed by atoms with Gasteiger partial charge in [-0.15, -0.1) is 0 Å². The Morgan fingerprint density at radius 3 is 2.70 bits per heavy atom. The molecule has 1 aliphatic heterocycles. The molecular formula is C18H20FN3O. The number of carbonyl (C=O) groups is 1. The summed E-state index contributed by atoms with van der Waals surface area (Å²) in [6.07, 6.45) is 0.934. The molecular weight excluding hydrogens is 293 g/mol. The van der Waals surface area contributed by atoms with E-state index in [9.17, 15) is 9.18 Å². The molecule has 0 unspecified atom stereocenters. The molecule has 2 aromatic rings. The molecule has 1 heterocycles. The molecule has 0 bridgehead atoms. The average molecular weight is 313 g/mol. The van der Waals surface area contributed by atoms with Crippen molar-refractivity contribution in [3.63, 3.8) is 0 Å². The second-order valence-electron chi connectivity index (χ2n) is 5.74. The summed E-state index contributed by atoms with van der Waals surface area (Å²) in [6, 6.07) is 16.0. The van der Waals surface area contributed by atoms with Gasteiger partial charge in [-0.05, 0) is 30.2 Å². The van der Waals surface area contributed by atoms with Crippen LogP contribution in [0, 0.1) is 5.82 Å². The third-order valence-electron chi connectivity index (χ3n) is 3.89. The Kier molecular flexibility index (Phi) is 4.88. The highest BCUT2D eigenvalue weighted by Crippen LogP contribution is 2.14. The number of nitrogens with one attached hydrogen (secondary N) is 1. The maximum absolute atomic E-state index is 13.2. The van der Waals surface area contributed by atoms with E-state index >= 15 is 0 Å². The lowest BCUT2D eigenvalue weighted by Gasteiger charge is -2.35. The maximum Gasteiger partial charge on any atom is 0.322 e. The number of amides is 2. The summed E-state index contributed by atoms with van der Waals surface area (Å²) >= 11 is 0. The molecule has 0 aromatic heterocycles. The molecule has 1 fully saturated rings. The Balaban J connectivity index is 1.58. The van der Waals surface area contributed by atoms with Crippen molar-refractivity contribution in [3.8, 4) is 0 Å². The van der Waals surface area contributed by atoms with Crippen molar-refractivity contribution in [3.05, 3.63) is 66.0 Å². The Hall–Kier alpha value is -2.40. The van der Waals surface area contributed by atoms with Gasteiger partial charge in [-0.3, -0.25) is 4.90 Å². The molecule has 3 rings (SSSR count). The molecule has 5 heteroatoms. The van der Waals surface area contributed by atoms with Gasteiger partial charge in [0, 0.05) is 25.3 Å². The molecule has 0 saturated carbocycles. The molecule has 2 amide bonds. The molecule has 4 nitrogen and oxygen atoms in total. The second kappa shape index (κ2) is 7.24. The number of hydrogen-bond donors (Lipinski definition) is 1. The van der Waals surface area contributed by atoms with Crippen LogP contribution in [-0.4, -0.2) is 35.6 Å². The summed E-state index contributed by atoms with van der Waals surface area (Å²) in [6.45, 7) is 3.09. The van der Waals surface area contributed by atoms with Crippen LogP contribution < -0.4 is 5.32 Å². The van der Waals surface area contributed by atoms with Gasteiger partial charge in [0.05, 0.1) is 6.67 Å². The minimum atomic E-state index is -0.354. The van der Waals surface area contributed by atoms with Crippen molar-refractivity contribution in [1.82, 2.24) is 9.80 Å². The molecule has 0 radical (unpaired) electrons. The lowest BCUT2D eigenvalue weighted by atomic mass is 10.2. The van der Waals surface area contributed by atoms with Gasteiger partial charge in [0.1, 0.15) is 5.82 Å². The summed E-state index contributed by atoms with van der Waals surface area (Å²) in [5.41, 5.74) is 1.72. The number of anilines is 1. The van der Waals surface area contributed by atoms with Crippen molar-refractivity contribution in [2.45, 2.75) is 13.0 Å². The molecule has 120 valence electrons. The molecule has 0 atom stereocenters. The first kappa shape index (κ1) is 15.5. The molecule has 1 saturated heterocycles. The van der Waals surface area contributed by atoms with Gasteiger partial charge in [0.15, 0.2) is 0 Å². The van der Waals surface area contributed by atoms with E-state index in [1.54, 1.807) is 17.0 Å². The zero-order chi connectivity index (χ0) is 16.1. The van der Waals surface area contributed by atoms with E-state index in [-0.39, 0.29) is 11.8 Å². The highest BCUT2D eigenvalue weighted by atomic mass is 19.1. The van der Waals surface area contributed by atoms with Crippen LogP contribution in [0.3, 0.4) is 0 Å². The molecule has 2 aromatic carbocycles. The van der Waals surface area contributed by atoms with Crippen LogP contribution >= 0.6 is 0 Å². The minimum absolute atomic E-state index is 0.187. The summed E-state index contributed by atoms with van der Waals surface area (Å²) in [5.74, 6) is -0.354. The van der Waals surface area contributed by atoms with Crippen LogP contribution in [0.5, 0.6) is 0 Å². The van der Waals surface area contributed by atoms with Gasteiger partial charge in [-0.1, -0.05) is 36.4 Å². The predicted octanol–water partition coefficient (Wildman–Crippen LogP) is 3.52. The fourth-order valence-electron chi connectivity index (χ4n) is 2.77. The highest BCUT2D eigenvalue weighted by molar-refractivity contribution is 5.89. The van der Waals surface area contributed by atoms with Gasteiger partial charge in [-0.2, -0.15) is 0 Å². The molecule has 23 heavy (non-hydrogen) atoms. The minimum Gasteiger partial charge on any atom is -0.311 e. The standard InChI is InChI=1S/C18H20FN3O/c19-16-8-4-9-17(12-16)20-18(23)22-11-5-10-21(14-22)13-15-6-2-1-3-7-15/h1-4,6-9,12H,5,10-11,13-14H2,(H,20,23). The second-order valence-corrected chi connectivity index (χ2v) is 5.74. The van der Waals surface area contributed by atoms with E-state index in [1.807, 2.05) is 18.2 Å². The zero-order valence-corrected chi connectivity index (χ0v) is 12.9. The molecule has 0 aliphatic carbocycles. The van der Waals surface area contributed by atoms with Gasteiger partial charge < -0.3 is 10.2 Å². The fraction of sp³-hybridized carbons (Fsp3) is 0.278.